The SMILES string of the molecule is NNC1CC(Cc2ccccc2)C(=O)O1. The van der Waals surface area contributed by atoms with Gasteiger partial charge in [-0.3, -0.25) is 10.6 Å². The fraction of sp³-hybridized carbons (Fsp3) is 0.364. The van der Waals surface area contributed by atoms with Crippen molar-refractivity contribution in [3.05, 3.63) is 35.9 Å². The van der Waals surface area contributed by atoms with Gasteiger partial charge in [0.2, 0.25) is 0 Å². The number of rotatable bonds is 3. The quantitative estimate of drug-likeness (QED) is 0.431. The predicted molar refractivity (Wildman–Crippen MR) is 55.5 cm³/mol. The van der Waals surface area contributed by atoms with E-state index in [1.165, 1.54) is 0 Å². The molecule has 4 heteroatoms. The highest BCUT2D eigenvalue weighted by molar-refractivity contribution is 5.74. The highest BCUT2D eigenvalue weighted by Crippen LogP contribution is 2.22. The standard InChI is InChI=1S/C11H14N2O2/c12-13-10-7-9(11(14)15-10)6-8-4-2-1-3-5-8/h1-5,9-10,13H,6-7,12H2. The van der Waals surface area contributed by atoms with Gasteiger partial charge in [0.25, 0.3) is 0 Å². The molecular formula is C11H14N2O2. The van der Waals surface area contributed by atoms with Gasteiger partial charge in [-0.05, 0) is 12.0 Å². The van der Waals surface area contributed by atoms with Gasteiger partial charge < -0.3 is 4.74 Å². The number of hydrazine groups is 1. The van der Waals surface area contributed by atoms with Gasteiger partial charge in [-0.1, -0.05) is 30.3 Å². The summed E-state index contributed by atoms with van der Waals surface area (Å²) >= 11 is 0. The molecule has 15 heavy (non-hydrogen) atoms. The lowest BCUT2D eigenvalue weighted by atomic mass is 9.98. The van der Waals surface area contributed by atoms with Crippen LogP contribution in [0.25, 0.3) is 0 Å². The number of hydrogen-bond acceptors (Lipinski definition) is 4. The highest BCUT2D eigenvalue weighted by atomic mass is 16.6. The predicted octanol–water partition coefficient (Wildman–Crippen LogP) is 0.582. The van der Waals surface area contributed by atoms with Gasteiger partial charge in [-0.25, -0.2) is 5.43 Å². The third-order valence-corrected chi connectivity index (χ3v) is 2.60. The van der Waals surface area contributed by atoms with Gasteiger partial charge in [0.15, 0.2) is 6.23 Å². The van der Waals surface area contributed by atoms with Crippen LogP contribution in [-0.4, -0.2) is 12.2 Å². The molecule has 1 aromatic rings. The molecule has 4 nitrogen and oxygen atoms in total. The molecule has 2 atom stereocenters. The normalized spacial score (nSPS) is 25.3. The Hall–Kier alpha value is -1.39. The van der Waals surface area contributed by atoms with Crippen LogP contribution in [0.4, 0.5) is 0 Å². The van der Waals surface area contributed by atoms with Crippen LogP contribution in [0.5, 0.6) is 0 Å². The molecule has 1 heterocycles. The summed E-state index contributed by atoms with van der Waals surface area (Å²) in [4.78, 5) is 11.4. The number of nitrogens with two attached hydrogens (primary N) is 1. The Morgan fingerprint density at radius 1 is 1.40 bits per heavy atom. The lowest BCUT2D eigenvalue weighted by Gasteiger charge is -2.05. The lowest BCUT2D eigenvalue weighted by molar-refractivity contribution is -0.145. The second-order valence-corrected chi connectivity index (χ2v) is 3.71. The summed E-state index contributed by atoms with van der Waals surface area (Å²) in [6.45, 7) is 0. The van der Waals surface area contributed by atoms with Crippen LogP contribution in [0.15, 0.2) is 30.3 Å². The number of nitrogens with one attached hydrogen (secondary N) is 1. The fourth-order valence-electron chi connectivity index (χ4n) is 1.81. The lowest BCUT2D eigenvalue weighted by Crippen LogP contribution is -2.34. The summed E-state index contributed by atoms with van der Waals surface area (Å²) in [7, 11) is 0. The number of ether oxygens (including phenoxy) is 1. The zero-order valence-corrected chi connectivity index (χ0v) is 8.35. The number of hydrogen-bond donors (Lipinski definition) is 2. The molecule has 0 aromatic heterocycles. The average molecular weight is 206 g/mol. The first-order valence-electron chi connectivity index (χ1n) is 5.00. The fourth-order valence-corrected chi connectivity index (χ4v) is 1.81. The summed E-state index contributed by atoms with van der Waals surface area (Å²) in [6.07, 6.45) is 1.04. The van der Waals surface area contributed by atoms with Gasteiger partial charge in [-0.2, -0.15) is 0 Å². The van der Waals surface area contributed by atoms with Crippen molar-refractivity contribution in [2.45, 2.75) is 19.1 Å². The minimum Gasteiger partial charge on any atom is -0.445 e. The van der Waals surface area contributed by atoms with Crippen molar-refractivity contribution < 1.29 is 9.53 Å². The molecule has 1 aliphatic heterocycles. The molecule has 0 amide bonds. The molecule has 3 N–H and O–H groups in total. The van der Waals surface area contributed by atoms with Gasteiger partial charge in [0, 0.05) is 6.42 Å². The zero-order chi connectivity index (χ0) is 10.7. The molecule has 0 aliphatic carbocycles. The maximum atomic E-state index is 11.4. The Labute approximate surface area is 88.4 Å². The van der Waals surface area contributed by atoms with E-state index in [2.05, 4.69) is 5.43 Å². The molecule has 0 radical (unpaired) electrons. The van der Waals surface area contributed by atoms with Gasteiger partial charge in [0.05, 0.1) is 5.92 Å². The molecule has 1 fully saturated rings. The van der Waals surface area contributed by atoms with E-state index in [1.807, 2.05) is 30.3 Å². The number of benzene rings is 1. The van der Waals surface area contributed by atoms with Crippen LogP contribution < -0.4 is 11.3 Å². The maximum absolute atomic E-state index is 11.4. The van der Waals surface area contributed by atoms with E-state index in [4.69, 9.17) is 10.6 Å². The molecule has 2 unspecified atom stereocenters. The van der Waals surface area contributed by atoms with Crippen LogP contribution in [-0.2, 0) is 16.0 Å². The molecule has 1 aromatic carbocycles. The van der Waals surface area contributed by atoms with E-state index in [0.29, 0.717) is 6.42 Å². The topological polar surface area (TPSA) is 64.3 Å². The van der Waals surface area contributed by atoms with Crippen LogP contribution in [0.3, 0.4) is 0 Å². The number of carbonyl (C=O) groups excluding carboxylic acids is 1. The number of cyclic esters (lactones) is 1. The van der Waals surface area contributed by atoms with Gasteiger partial charge in [0.1, 0.15) is 0 Å². The summed E-state index contributed by atoms with van der Waals surface area (Å²) in [5.74, 6) is 4.98. The molecule has 0 saturated carbocycles. The van der Waals surface area contributed by atoms with E-state index in [1.54, 1.807) is 0 Å². The van der Waals surface area contributed by atoms with Crippen LogP contribution in [0.2, 0.25) is 0 Å². The molecule has 1 aliphatic rings. The first-order valence-corrected chi connectivity index (χ1v) is 5.00. The van der Waals surface area contributed by atoms with E-state index in [-0.39, 0.29) is 18.1 Å². The van der Waals surface area contributed by atoms with E-state index >= 15 is 0 Å². The van der Waals surface area contributed by atoms with E-state index < -0.39 is 0 Å². The second kappa shape index (κ2) is 4.42. The first-order chi connectivity index (χ1) is 7.29. The Kier molecular flexibility index (Phi) is 2.99. The zero-order valence-electron chi connectivity index (χ0n) is 8.35. The Bertz CT molecular complexity index is 340. The maximum Gasteiger partial charge on any atom is 0.311 e. The first kappa shape index (κ1) is 10.1. The van der Waals surface area contributed by atoms with E-state index in [9.17, 15) is 4.79 Å². The van der Waals surface area contributed by atoms with Crippen molar-refractivity contribution in [1.82, 2.24) is 5.43 Å². The highest BCUT2D eigenvalue weighted by Gasteiger charge is 2.33. The number of carbonyl (C=O) groups is 1. The minimum absolute atomic E-state index is 0.0755. The number of esters is 1. The summed E-state index contributed by atoms with van der Waals surface area (Å²) in [5, 5.41) is 0. The minimum atomic E-state index is -0.328. The average Bonchev–Trinajstić information content (AvgIpc) is 2.61. The van der Waals surface area contributed by atoms with Crippen molar-refractivity contribution in [2.24, 2.45) is 11.8 Å². The monoisotopic (exact) mass is 206 g/mol. The summed E-state index contributed by atoms with van der Waals surface area (Å²) < 4.78 is 5.02. The largest absolute Gasteiger partial charge is 0.445 e. The molecule has 80 valence electrons. The smallest absolute Gasteiger partial charge is 0.311 e. The second-order valence-electron chi connectivity index (χ2n) is 3.71. The van der Waals surface area contributed by atoms with E-state index in [0.717, 1.165) is 12.0 Å². The van der Waals surface area contributed by atoms with Crippen molar-refractivity contribution in [3.63, 3.8) is 0 Å². The third-order valence-electron chi connectivity index (χ3n) is 2.60. The molecular weight excluding hydrogens is 192 g/mol. The van der Waals surface area contributed by atoms with Gasteiger partial charge >= 0.3 is 5.97 Å². The van der Waals surface area contributed by atoms with Crippen LogP contribution >= 0.6 is 0 Å². The molecule has 0 bridgehead atoms. The van der Waals surface area contributed by atoms with Gasteiger partial charge in [-0.15, -0.1) is 0 Å². The summed E-state index contributed by atoms with van der Waals surface area (Å²) in [5.41, 5.74) is 3.62. The molecule has 2 rings (SSSR count). The Morgan fingerprint density at radius 2 is 2.13 bits per heavy atom. The summed E-state index contributed by atoms with van der Waals surface area (Å²) in [6, 6.07) is 9.91. The molecule has 0 spiro atoms. The van der Waals surface area contributed by atoms with Crippen molar-refractivity contribution >= 4 is 5.97 Å². The van der Waals surface area contributed by atoms with Crippen molar-refractivity contribution in [2.75, 3.05) is 0 Å². The Balaban J connectivity index is 1.99. The van der Waals surface area contributed by atoms with Crippen molar-refractivity contribution in [3.8, 4) is 0 Å². The molecule has 1 saturated heterocycles. The van der Waals surface area contributed by atoms with Crippen LogP contribution in [0, 0.1) is 5.92 Å². The third kappa shape index (κ3) is 2.34. The van der Waals surface area contributed by atoms with Crippen LogP contribution in [0.1, 0.15) is 12.0 Å². The van der Waals surface area contributed by atoms with Crippen molar-refractivity contribution in [1.29, 1.82) is 0 Å². The Morgan fingerprint density at radius 3 is 2.73 bits per heavy atom.